The highest BCUT2D eigenvalue weighted by Gasteiger charge is 2.25. The summed E-state index contributed by atoms with van der Waals surface area (Å²) < 4.78 is 0. The van der Waals surface area contributed by atoms with Crippen LogP contribution in [0.25, 0.3) is 0 Å². The van der Waals surface area contributed by atoms with Crippen molar-refractivity contribution in [2.45, 2.75) is 24.5 Å². The normalized spacial score (nSPS) is 15.9. The number of carbonyl (C=O) groups is 1. The summed E-state index contributed by atoms with van der Waals surface area (Å²) in [4.78, 5) is 17.1. The van der Waals surface area contributed by atoms with Gasteiger partial charge < -0.3 is 4.90 Å². The summed E-state index contributed by atoms with van der Waals surface area (Å²) >= 11 is 1.71. The third kappa shape index (κ3) is 5.59. The Morgan fingerprint density at radius 3 is 2.33 bits per heavy atom. The fourth-order valence-electron chi connectivity index (χ4n) is 3.19. The lowest BCUT2D eigenvalue weighted by Crippen LogP contribution is -2.50. The van der Waals surface area contributed by atoms with Crippen LogP contribution in [0.4, 0.5) is 0 Å². The first-order valence-electron chi connectivity index (χ1n) is 9.31. The van der Waals surface area contributed by atoms with E-state index in [0.29, 0.717) is 5.56 Å². The number of piperazine rings is 1. The number of amides is 1. The van der Waals surface area contributed by atoms with E-state index in [9.17, 15) is 4.79 Å². The zero-order chi connectivity index (χ0) is 19.1. The van der Waals surface area contributed by atoms with Crippen LogP contribution < -0.4 is 0 Å². The Labute approximate surface area is 165 Å². The van der Waals surface area contributed by atoms with Gasteiger partial charge in [0.2, 0.25) is 5.91 Å². The lowest BCUT2D eigenvalue weighted by atomic mass is 10.1. The van der Waals surface area contributed by atoms with Crippen LogP contribution in [0.5, 0.6) is 0 Å². The van der Waals surface area contributed by atoms with E-state index in [1.165, 1.54) is 11.1 Å². The first kappa shape index (κ1) is 19.5. The second-order valence-electron chi connectivity index (χ2n) is 6.85. The van der Waals surface area contributed by atoms with Crippen molar-refractivity contribution in [1.82, 2.24) is 9.80 Å². The van der Waals surface area contributed by atoms with Crippen molar-refractivity contribution in [3.8, 4) is 6.07 Å². The molecule has 0 radical (unpaired) electrons. The minimum absolute atomic E-state index is 0.0183. The molecule has 0 bridgehead atoms. The van der Waals surface area contributed by atoms with Gasteiger partial charge in [0, 0.05) is 38.5 Å². The molecule has 0 saturated carbocycles. The molecule has 1 atom stereocenters. The molecule has 1 aliphatic heterocycles. The highest BCUT2D eigenvalue weighted by atomic mass is 32.2. The van der Waals surface area contributed by atoms with Crippen molar-refractivity contribution in [3.05, 3.63) is 71.3 Å². The van der Waals surface area contributed by atoms with Gasteiger partial charge >= 0.3 is 0 Å². The zero-order valence-corrected chi connectivity index (χ0v) is 16.5. The van der Waals surface area contributed by atoms with E-state index in [1.807, 2.05) is 54.3 Å². The van der Waals surface area contributed by atoms with Crippen molar-refractivity contribution in [2.24, 2.45) is 0 Å². The van der Waals surface area contributed by atoms with Gasteiger partial charge in [-0.15, -0.1) is 11.8 Å². The molecule has 4 nitrogen and oxygen atoms in total. The maximum atomic E-state index is 12.7. The molecule has 27 heavy (non-hydrogen) atoms. The smallest absolute Gasteiger partial charge is 0.235 e. The van der Waals surface area contributed by atoms with Crippen LogP contribution in [0.1, 0.15) is 23.6 Å². The lowest BCUT2D eigenvalue weighted by Gasteiger charge is -2.36. The minimum Gasteiger partial charge on any atom is -0.339 e. The molecule has 0 aromatic heterocycles. The molecule has 2 aromatic carbocycles. The second kappa shape index (κ2) is 9.59. The number of nitriles is 1. The summed E-state index contributed by atoms with van der Waals surface area (Å²) in [5.74, 6) is 1.11. The summed E-state index contributed by atoms with van der Waals surface area (Å²) in [5, 5.41) is 8.86. The van der Waals surface area contributed by atoms with Crippen LogP contribution in [0.2, 0.25) is 0 Å². The number of hydrogen-bond donors (Lipinski definition) is 0. The Bertz CT molecular complexity index is 777. The predicted molar refractivity (Wildman–Crippen MR) is 110 cm³/mol. The third-order valence-corrected chi connectivity index (χ3v) is 6.07. The minimum atomic E-state index is -0.0183. The van der Waals surface area contributed by atoms with E-state index >= 15 is 0 Å². The van der Waals surface area contributed by atoms with Crippen LogP contribution in [0.3, 0.4) is 0 Å². The van der Waals surface area contributed by atoms with E-state index in [4.69, 9.17) is 5.26 Å². The zero-order valence-electron chi connectivity index (χ0n) is 15.7. The van der Waals surface area contributed by atoms with Gasteiger partial charge in [0.05, 0.1) is 16.9 Å². The van der Waals surface area contributed by atoms with E-state index < -0.39 is 0 Å². The summed E-state index contributed by atoms with van der Waals surface area (Å²) in [6, 6.07) is 20.2. The first-order chi connectivity index (χ1) is 13.2. The molecule has 1 aliphatic rings. The van der Waals surface area contributed by atoms with Gasteiger partial charge in [0.25, 0.3) is 0 Å². The molecule has 2 aromatic rings. The summed E-state index contributed by atoms with van der Waals surface area (Å²) in [6.45, 7) is 6.23. The van der Waals surface area contributed by atoms with Crippen molar-refractivity contribution in [1.29, 1.82) is 5.26 Å². The summed E-state index contributed by atoms with van der Waals surface area (Å²) in [5.41, 5.74) is 3.16. The predicted octanol–water partition coefficient (Wildman–Crippen LogP) is 3.52. The van der Waals surface area contributed by atoms with Gasteiger partial charge in [-0.1, -0.05) is 42.5 Å². The van der Waals surface area contributed by atoms with Gasteiger partial charge in [0.1, 0.15) is 0 Å². The van der Waals surface area contributed by atoms with Crippen molar-refractivity contribution in [3.63, 3.8) is 0 Å². The molecule has 1 amide bonds. The molecule has 1 heterocycles. The number of carbonyl (C=O) groups excluding carboxylic acids is 1. The molecule has 1 fully saturated rings. The van der Waals surface area contributed by atoms with Crippen LogP contribution in [0.15, 0.2) is 54.6 Å². The van der Waals surface area contributed by atoms with Crippen LogP contribution in [0, 0.1) is 11.3 Å². The fourth-order valence-corrected chi connectivity index (χ4v) is 4.12. The van der Waals surface area contributed by atoms with Crippen LogP contribution in [-0.4, -0.2) is 47.1 Å². The second-order valence-corrected chi connectivity index (χ2v) is 8.18. The molecular formula is C22H25N3OS. The molecule has 0 aliphatic carbocycles. The maximum Gasteiger partial charge on any atom is 0.235 e. The van der Waals surface area contributed by atoms with E-state index in [2.05, 4.69) is 23.1 Å². The van der Waals surface area contributed by atoms with E-state index in [0.717, 1.165) is 38.5 Å². The number of thioether (sulfide) groups is 1. The number of rotatable bonds is 6. The van der Waals surface area contributed by atoms with E-state index in [1.54, 1.807) is 11.8 Å². The Morgan fingerprint density at radius 2 is 1.70 bits per heavy atom. The van der Waals surface area contributed by atoms with E-state index in [-0.39, 0.29) is 11.2 Å². The largest absolute Gasteiger partial charge is 0.339 e. The van der Waals surface area contributed by atoms with Crippen molar-refractivity contribution in [2.75, 3.05) is 26.2 Å². The SMILES string of the molecule is CC(SCc1ccccc1)C(=O)N1CCN(Cc2ccc(C#N)cc2)CC1. The van der Waals surface area contributed by atoms with Gasteiger partial charge in [-0.3, -0.25) is 9.69 Å². The van der Waals surface area contributed by atoms with Crippen molar-refractivity contribution < 1.29 is 4.79 Å². The molecule has 3 rings (SSSR count). The summed E-state index contributed by atoms with van der Waals surface area (Å²) in [7, 11) is 0. The van der Waals surface area contributed by atoms with Gasteiger partial charge in [-0.2, -0.15) is 5.26 Å². The number of hydrogen-bond acceptors (Lipinski definition) is 4. The first-order valence-corrected chi connectivity index (χ1v) is 10.4. The quantitative estimate of drug-likeness (QED) is 0.770. The average molecular weight is 380 g/mol. The monoisotopic (exact) mass is 379 g/mol. The summed E-state index contributed by atoms with van der Waals surface area (Å²) in [6.07, 6.45) is 0. The Hall–Kier alpha value is -2.29. The average Bonchev–Trinajstić information content (AvgIpc) is 2.73. The lowest BCUT2D eigenvalue weighted by molar-refractivity contribution is -0.132. The van der Waals surface area contributed by atoms with Gasteiger partial charge in [-0.05, 0) is 30.2 Å². The fraction of sp³-hybridized carbons (Fsp3) is 0.364. The third-order valence-electron chi connectivity index (χ3n) is 4.86. The Balaban J connectivity index is 1.43. The Morgan fingerprint density at radius 1 is 1.04 bits per heavy atom. The standard InChI is InChI=1S/C22H25N3OS/c1-18(27-17-21-5-3-2-4-6-21)22(26)25-13-11-24(12-14-25)16-20-9-7-19(15-23)8-10-20/h2-10,18H,11-14,16-17H2,1H3. The number of benzene rings is 2. The van der Waals surface area contributed by atoms with Crippen LogP contribution in [-0.2, 0) is 17.1 Å². The van der Waals surface area contributed by atoms with Gasteiger partial charge in [-0.25, -0.2) is 0 Å². The molecule has 0 spiro atoms. The highest BCUT2D eigenvalue weighted by molar-refractivity contribution is 7.99. The number of nitrogens with zero attached hydrogens (tertiary/aromatic N) is 3. The van der Waals surface area contributed by atoms with Crippen molar-refractivity contribution >= 4 is 17.7 Å². The molecule has 1 unspecified atom stereocenters. The Kier molecular flexibility index (Phi) is 6.92. The molecular weight excluding hydrogens is 354 g/mol. The van der Waals surface area contributed by atoms with Gasteiger partial charge in [0.15, 0.2) is 0 Å². The maximum absolute atomic E-state index is 12.7. The molecule has 1 saturated heterocycles. The molecule has 140 valence electrons. The topological polar surface area (TPSA) is 47.3 Å². The highest BCUT2D eigenvalue weighted by Crippen LogP contribution is 2.20. The molecule has 5 heteroatoms. The molecule has 0 N–H and O–H groups in total. The van der Waals surface area contributed by atoms with Crippen LogP contribution >= 0.6 is 11.8 Å².